The molecule has 0 aliphatic carbocycles. The van der Waals surface area contributed by atoms with Crippen LogP contribution in [0.1, 0.15) is 19.4 Å². The normalized spacial score (nSPS) is 17.8. The van der Waals surface area contributed by atoms with Crippen molar-refractivity contribution in [2.45, 2.75) is 19.4 Å². The maximum absolute atomic E-state index is 13.3. The molecule has 0 unspecified atom stereocenters. The molecular weight excluding hydrogens is 245 g/mol. The minimum atomic E-state index is -0.776. The molecule has 0 aromatic heterocycles. The van der Waals surface area contributed by atoms with Crippen LogP contribution in [0.15, 0.2) is 30.3 Å². The summed E-state index contributed by atoms with van der Waals surface area (Å²) in [4.78, 5) is 13.4. The number of hydrogen-bond acceptors (Lipinski definition) is 2. The van der Waals surface area contributed by atoms with Crippen LogP contribution in [0.2, 0.25) is 0 Å². The van der Waals surface area contributed by atoms with E-state index in [1.54, 1.807) is 23.1 Å². The first kappa shape index (κ1) is 13.7. The van der Waals surface area contributed by atoms with E-state index < -0.39 is 5.60 Å². The van der Waals surface area contributed by atoms with Gasteiger partial charge in [-0.3, -0.25) is 4.79 Å². The van der Waals surface area contributed by atoms with E-state index in [2.05, 4.69) is 0 Å². The first-order chi connectivity index (χ1) is 8.92. The van der Waals surface area contributed by atoms with Gasteiger partial charge in [0.1, 0.15) is 11.4 Å². The maximum atomic E-state index is 13.3. The Balaban J connectivity index is 1.95. The van der Waals surface area contributed by atoms with Crippen LogP contribution in [-0.4, -0.2) is 34.6 Å². The van der Waals surface area contributed by atoms with E-state index in [1.807, 2.05) is 13.8 Å². The van der Waals surface area contributed by atoms with Crippen LogP contribution in [0.4, 0.5) is 4.39 Å². The zero-order valence-corrected chi connectivity index (χ0v) is 11.1. The number of amides is 1. The van der Waals surface area contributed by atoms with Gasteiger partial charge in [0.15, 0.2) is 0 Å². The summed E-state index contributed by atoms with van der Waals surface area (Å²) in [6, 6.07) is 6.28. The predicted molar refractivity (Wildman–Crippen MR) is 71.8 cm³/mol. The van der Waals surface area contributed by atoms with Crippen molar-refractivity contribution in [3.05, 3.63) is 41.7 Å². The fourth-order valence-corrected chi connectivity index (χ4v) is 2.01. The van der Waals surface area contributed by atoms with E-state index in [1.165, 1.54) is 18.2 Å². The molecule has 2 rings (SSSR count). The Hall–Kier alpha value is -1.68. The van der Waals surface area contributed by atoms with Crippen molar-refractivity contribution >= 4 is 12.0 Å². The number of likely N-dealkylation sites (tertiary alicyclic amines) is 1. The molecule has 0 atom stereocenters. The highest BCUT2D eigenvalue weighted by Gasteiger charge is 2.45. The van der Waals surface area contributed by atoms with E-state index in [-0.39, 0.29) is 17.6 Å². The standard InChI is InChI=1S/C15H18FNO2/c1-11(2)15(19)9-17(10-15)14(18)8-7-12-5-3-4-6-13(12)16/h3-8,11,19H,9-10H2,1-2H3. The Bertz CT molecular complexity index is 505. The highest BCUT2D eigenvalue weighted by atomic mass is 19.1. The van der Waals surface area contributed by atoms with Crippen LogP contribution in [0.3, 0.4) is 0 Å². The molecule has 1 amide bonds. The maximum Gasteiger partial charge on any atom is 0.246 e. The number of halogens is 1. The fourth-order valence-electron chi connectivity index (χ4n) is 2.01. The van der Waals surface area contributed by atoms with E-state index in [0.717, 1.165) is 0 Å². The first-order valence-corrected chi connectivity index (χ1v) is 6.36. The Morgan fingerprint density at radius 2 is 2.05 bits per heavy atom. The van der Waals surface area contributed by atoms with Crippen molar-refractivity contribution in [2.24, 2.45) is 5.92 Å². The number of carbonyl (C=O) groups excluding carboxylic acids is 1. The summed E-state index contributed by atoms with van der Waals surface area (Å²) < 4.78 is 13.3. The molecule has 0 radical (unpaired) electrons. The highest BCUT2D eigenvalue weighted by Crippen LogP contribution is 2.28. The predicted octanol–water partition coefficient (Wildman–Crippen LogP) is 2.07. The summed E-state index contributed by atoms with van der Waals surface area (Å²) >= 11 is 0. The van der Waals surface area contributed by atoms with E-state index in [9.17, 15) is 14.3 Å². The van der Waals surface area contributed by atoms with E-state index in [4.69, 9.17) is 0 Å². The molecular formula is C15H18FNO2. The van der Waals surface area contributed by atoms with Crippen molar-refractivity contribution in [1.82, 2.24) is 4.90 Å². The number of hydrogen-bond donors (Lipinski definition) is 1. The molecule has 1 aliphatic rings. The molecule has 1 fully saturated rings. The van der Waals surface area contributed by atoms with Gasteiger partial charge in [0.05, 0.1) is 13.1 Å². The van der Waals surface area contributed by atoms with Crippen LogP contribution in [0.5, 0.6) is 0 Å². The molecule has 0 spiro atoms. The van der Waals surface area contributed by atoms with Crippen LogP contribution in [-0.2, 0) is 4.79 Å². The molecule has 19 heavy (non-hydrogen) atoms. The van der Waals surface area contributed by atoms with E-state index >= 15 is 0 Å². The average molecular weight is 263 g/mol. The van der Waals surface area contributed by atoms with E-state index in [0.29, 0.717) is 18.7 Å². The number of β-amino-alcohol motifs (C(OH)–C–C–N with tert-alkyl or cyclic N) is 1. The summed E-state index contributed by atoms with van der Waals surface area (Å²) in [6.45, 7) is 4.53. The zero-order valence-electron chi connectivity index (χ0n) is 11.1. The van der Waals surface area contributed by atoms with Crippen molar-refractivity contribution in [3.8, 4) is 0 Å². The third-order valence-corrected chi connectivity index (χ3v) is 3.63. The summed E-state index contributed by atoms with van der Waals surface area (Å²) in [7, 11) is 0. The summed E-state index contributed by atoms with van der Waals surface area (Å²) in [5.41, 5.74) is -0.392. The largest absolute Gasteiger partial charge is 0.386 e. The van der Waals surface area contributed by atoms with Gasteiger partial charge in [-0.15, -0.1) is 0 Å². The average Bonchev–Trinajstić information content (AvgIpc) is 2.33. The van der Waals surface area contributed by atoms with Crippen LogP contribution in [0.25, 0.3) is 6.08 Å². The molecule has 4 heteroatoms. The topological polar surface area (TPSA) is 40.5 Å². The molecule has 1 N–H and O–H groups in total. The lowest BCUT2D eigenvalue weighted by atomic mass is 9.83. The summed E-state index contributed by atoms with van der Waals surface area (Å²) in [5, 5.41) is 10.1. The van der Waals surface area contributed by atoms with Gasteiger partial charge >= 0.3 is 0 Å². The number of benzene rings is 1. The Kier molecular flexibility index (Phi) is 3.71. The van der Waals surface area contributed by atoms with Crippen LogP contribution < -0.4 is 0 Å². The number of nitrogens with zero attached hydrogens (tertiary/aromatic N) is 1. The lowest BCUT2D eigenvalue weighted by Gasteiger charge is -2.48. The summed E-state index contributed by atoms with van der Waals surface area (Å²) in [6.07, 6.45) is 2.81. The van der Waals surface area contributed by atoms with Gasteiger partial charge in [-0.1, -0.05) is 32.0 Å². The van der Waals surface area contributed by atoms with Crippen LogP contribution in [0, 0.1) is 11.7 Å². The zero-order chi connectivity index (χ0) is 14.0. The monoisotopic (exact) mass is 263 g/mol. The Labute approximate surface area is 112 Å². The minimum absolute atomic E-state index is 0.118. The molecule has 1 heterocycles. The second-order valence-corrected chi connectivity index (χ2v) is 5.31. The lowest BCUT2D eigenvalue weighted by molar-refractivity contribution is -0.158. The van der Waals surface area contributed by atoms with Gasteiger partial charge in [0, 0.05) is 11.6 Å². The minimum Gasteiger partial charge on any atom is -0.386 e. The quantitative estimate of drug-likeness (QED) is 0.848. The van der Waals surface area contributed by atoms with Gasteiger partial charge in [0.2, 0.25) is 5.91 Å². The smallest absolute Gasteiger partial charge is 0.246 e. The third-order valence-electron chi connectivity index (χ3n) is 3.63. The lowest BCUT2D eigenvalue weighted by Crippen LogP contribution is -2.65. The number of rotatable bonds is 3. The first-order valence-electron chi connectivity index (χ1n) is 6.36. The second-order valence-electron chi connectivity index (χ2n) is 5.31. The summed E-state index contributed by atoms with van der Waals surface area (Å²) in [5.74, 6) is -0.436. The van der Waals surface area contributed by atoms with Crippen LogP contribution >= 0.6 is 0 Å². The number of aliphatic hydroxyl groups is 1. The number of carbonyl (C=O) groups is 1. The van der Waals surface area contributed by atoms with Gasteiger partial charge in [-0.25, -0.2) is 4.39 Å². The van der Waals surface area contributed by atoms with Crippen molar-refractivity contribution in [3.63, 3.8) is 0 Å². The molecule has 1 aromatic carbocycles. The highest BCUT2D eigenvalue weighted by molar-refractivity contribution is 5.92. The van der Waals surface area contributed by atoms with Gasteiger partial charge in [-0.05, 0) is 18.1 Å². The molecule has 1 saturated heterocycles. The Morgan fingerprint density at radius 1 is 1.42 bits per heavy atom. The molecule has 1 aromatic rings. The van der Waals surface area contributed by atoms with Crippen molar-refractivity contribution < 1.29 is 14.3 Å². The second kappa shape index (κ2) is 5.13. The molecule has 1 aliphatic heterocycles. The molecule has 0 saturated carbocycles. The van der Waals surface area contributed by atoms with Gasteiger partial charge in [0.25, 0.3) is 0 Å². The van der Waals surface area contributed by atoms with Crippen molar-refractivity contribution in [2.75, 3.05) is 13.1 Å². The SMILES string of the molecule is CC(C)C1(O)CN(C(=O)C=Cc2ccccc2F)C1. The Morgan fingerprint density at radius 3 is 2.63 bits per heavy atom. The fraction of sp³-hybridized carbons (Fsp3) is 0.400. The molecule has 0 bridgehead atoms. The van der Waals surface area contributed by atoms with Gasteiger partial charge < -0.3 is 10.0 Å². The van der Waals surface area contributed by atoms with Crippen molar-refractivity contribution in [1.29, 1.82) is 0 Å². The molecule has 102 valence electrons. The van der Waals surface area contributed by atoms with Gasteiger partial charge in [-0.2, -0.15) is 0 Å². The molecule has 3 nitrogen and oxygen atoms in total. The third kappa shape index (κ3) is 2.84.